The molecule has 10 nitrogen and oxygen atoms in total. The number of hydrogen-bond donors (Lipinski definition) is 5. The van der Waals surface area contributed by atoms with Gasteiger partial charge in [0.25, 0.3) is 0 Å². The molecule has 1 unspecified atom stereocenters. The molecular weight excluding hydrogens is 340 g/mol. The van der Waals surface area contributed by atoms with E-state index in [0.717, 1.165) is 10.8 Å². The third-order valence-corrected chi connectivity index (χ3v) is 3.85. The maximum Gasteiger partial charge on any atom is 0.204 e. The lowest BCUT2D eigenvalue weighted by Crippen LogP contribution is -2.43. The van der Waals surface area contributed by atoms with Crippen molar-refractivity contribution < 1.29 is 0 Å². The zero-order chi connectivity index (χ0) is 17.6. The summed E-state index contributed by atoms with van der Waals surface area (Å²) in [5.74, 6) is -0.184. The summed E-state index contributed by atoms with van der Waals surface area (Å²) in [7, 11) is 0. The van der Waals surface area contributed by atoms with Crippen LogP contribution in [0.1, 0.15) is 11.9 Å². The van der Waals surface area contributed by atoms with Crippen LogP contribution < -0.4 is 32.6 Å². The van der Waals surface area contributed by atoms with E-state index in [2.05, 4.69) is 36.2 Å². The number of fused-ring (bicyclic) bond motifs is 1. The van der Waals surface area contributed by atoms with Crippen LogP contribution in [0.3, 0.4) is 0 Å². The van der Waals surface area contributed by atoms with Gasteiger partial charge in [-0.3, -0.25) is 21.1 Å². The predicted octanol–water partition coefficient (Wildman–Crippen LogP) is -1.40. The molecule has 1 atom stereocenters. The molecule has 1 aliphatic heterocycles. The summed E-state index contributed by atoms with van der Waals surface area (Å²) in [6.07, 6.45) is 8.42. The Morgan fingerprint density at radius 2 is 2.36 bits per heavy atom. The topological polar surface area (TPSA) is 141 Å². The highest BCUT2D eigenvalue weighted by Gasteiger charge is 2.18. The lowest BCUT2D eigenvalue weighted by molar-refractivity contribution is 0.366. The minimum Gasteiger partial charge on any atom is -0.369 e. The molecule has 0 aromatic carbocycles. The number of aromatic nitrogens is 3. The number of thioether (sulfide) groups is 1. The molecule has 0 bridgehead atoms. The van der Waals surface area contributed by atoms with E-state index >= 15 is 0 Å². The Kier molecular flexibility index (Phi) is 5.26. The Morgan fingerprint density at radius 1 is 1.48 bits per heavy atom. The van der Waals surface area contributed by atoms with Gasteiger partial charge in [0.05, 0.1) is 11.4 Å². The first-order valence-electron chi connectivity index (χ1n) is 7.39. The summed E-state index contributed by atoms with van der Waals surface area (Å²) in [5.41, 5.74) is 12.2. The van der Waals surface area contributed by atoms with Crippen LogP contribution in [-0.2, 0) is 6.54 Å². The van der Waals surface area contributed by atoms with Gasteiger partial charge in [-0.2, -0.15) is 5.10 Å². The number of aliphatic imine (C=N–C) groups is 1. The molecule has 25 heavy (non-hydrogen) atoms. The Labute approximate surface area is 147 Å². The Hall–Kier alpha value is -2.92. The van der Waals surface area contributed by atoms with Crippen LogP contribution in [0.15, 0.2) is 40.7 Å². The van der Waals surface area contributed by atoms with Crippen LogP contribution in [-0.4, -0.2) is 32.1 Å². The van der Waals surface area contributed by atoms with Crippen LogP contribution in [0.4, 0.5) is 0 Å². The van der Waals surface area contributed by atoms with Crippen molar-refractivity contribution in [2.45, 2.75) is 12.8 Å². The van der Waals surface area contributed by atoms with Gasteiger partial charge in [-0.15, -0.1) is 0 Å². The summed E-state index contributed by atoms with van der Waals surface area (Å²) < 4.78 is 1.71. The smallest absolute Gasteiger partial charge is 0.204 e. The summed E-state index contributed by atoms with van der Waals surface area (Å²) in [4.78, 5) is 13.2. The molecule has 3 rings (SSSR count). The summed E-state index contributed by atoms with van der Waals surface area (Å²) >= 11 is 1.46. The number of amidine groups is 1. The van der Waals surface area contributed by atoms with Crippen LogP contribution in [0, 0.1) is 5.41 Å². The van der Waals surface area contributed by atoms with Crippen molar-refractivity contribution in [2.75, 3.05) is 6.26 Å². The first-order chi connectivity index (χ1) is 12.2. The average Bonchev–Trinajstić information content (AvgIpc) is 3.03. The van der Waals surface area contributed by atoms with E-state index in [1.165, 1.54) is 11.8 Å². The number of nitrogens with two attached hydrogens (primary N) is 1. The van der Waals surface area contributed by atoms with E-state index in [-0.39, 0.29) is 12.2 Å². The van der Waals surface area contributed by atoms with E-state index in [4.69, 9.17) is 11.1 Å². The number of guanidine groups is 1. The minimum atomic E-state index is -0.363. The van der Waals surface area contributed by atoms with Crippen molar-refractivity contribution in [3.05, 3.63) is 47.0 Å². The molecule has 0 aliphatic carbocycles. The first-order valence-corrected chi connectivity index (χ1v) is 8.62. The number of hydrogen-bond acceptors (Lipinski definition) is 8. The van der Waals surface area contributed by atoms with Crippen molar-refractivity contribution in [1.29, 1.82) is 5.41 Å². The summed E-state index contributed by atoms with van der Waals surface area (Å²) in [6, 6.07) is 3.89. The van der Waals surface area contributed by atoms with E-state index in [9.17, 15) is 0 Å². The van der Waals surface area contributed by atoms with E-state index < -0.39 is 0 Å². The number of pyridine rings is 1. The number of nitrogens with zero attached hydrogens (tertiary/aromatic N) is 5. The minimum absolute atomic E-state index is 0.184. The van der Waals surface area contributed by atoms with Gasteiger partial charge in [0.2, 0.25) is 12.2 Å². The van der Waals surface area contributed by atoms with Crippen molar-refractivity contribution in [3.8, 4) is 0 Å². The quantitative estimate of drug-likeness (QED) is 0.251. The Bertz CT molecular complexity index is 888. The molecule has 0 fully saturated rings. The lowest BCUT2D eigenvalue weighted by atomic mass is 10.3. The zero-order valence-corrected chi connectivity index (χ0v) is 14.3. The third-order valence-electron chi connectivity index (χ3n) is 3.29. The Balaban J connectivity index is 1.84. The van der Waals surface area contributed by atoms with Crippen LogP contribution in [0.5, 0.6) is 0 Å². The van der Waals surface area contributed by atoms with Crippen molar-refractivity contribution in [1.82, 2.24) is 30.9 Å². The van der Waals surface area contributed by atoms with Crippen molar-refractivity contribution >= 4 is 29.1 Å². The van der Waals surface area contributed by atoms with Crippen molar-refractivity contribution in [3.63, 3.8) is 0 Å². The fourth-order valence-electron chi connectivity index (χ4n) is 2.18. The van der Waals surface area contributed by atoms with Gasteiger partial charge >= 0.3 is 0 Å². The zero-order valence-electron chi connectivity index (χ0n) is 13.5. The van der Waals surface area contributed by atoms with E-state index in [1.54, 1.807) is 29.5 Å². The van der Waals surface area contributed by atoms with Crippen LogP contribution >= 0.6 is 11.8 Å². The van der Waals surface area contributed by atoms with Gasteiger partial charge in [-0.1, -0.05) is 17.8 Å². The lowest BCUT2D eigenvalue weighted by Gasteiger charge is -2.18. The molecule has 2 aromatic rings. The maximum absolute atomic E-state index is 7.14. The molecule has 0 amide bonds. The first kappa shape index (κ1) is 16.9. The van der Waals surface area contributed by atoms with Crippen LogP contribution in [0.2, 0.25) is 0 Å². The number of nitrogens with one attached hydrogen (secondary N) is 4. The van der Waals surface area contributed by atoms with Crippen LogP contribution in [0.25, 0.3) is 6.20 Å². The molecule has 2 aromatic heterocycles. The highest BCUT2D eigenvalue weighted by atomic mass is 32.2. The van der Waals surface area contributed by atoms with Crippen molar-refractivity contribution in [2.24, 2.45) is 15.7 Å². The summed E-state index contributed by atoms with van der Waals surface area (Å²) in [5, 5.41) is 16.3. The van der Waals surface area contributed by atoms with Gasteiger partial charge in [-0.25, -0.2) is 14.7 Å². The molecular formula is C14H18N10S. The molecule has 0 radical (unpaired) electrons. The SMILES string of the molecule is CSC1=NC(NCc2cccnc2)n2ncc(=CNNC(=N)N)c2=N1. The average molecular weight is 358 g/mol. The molecule has 0 saturated carbocycles. The van der Waals surface area contributed by atoms with E-state index in [1.807, 2.05) is 18.4 Å². The third kappa shape index (κ3) is 4.14. The number of hydrazine groups is 1. The molecule has 11 heteroatoms. The highest BCUT2D eigenvalue weighted by molar-refractivity contribution is 8.13. The second-order valence-electron chi connectivity index (χ2n) is 5.04. The van der Waals surface area contributed by atoms with Gasteiger partial charge in [-0.05, 0) is 17.9 Å². The standard InChI is InChI=1S/C14H18N10S/c1-25-14-21-11-10(7-19-23-12(15)16)8-20-24(11)13(22-14)18-6-9-3-2-4-17-5-9/h2-5,7-8,13,18-19H,6H2,1H3,(H4,15,16,23). The second-order valence-corrected chi connectivity index (χ2v) is 5.81. The van der Waals surface area contributed by atoms with Gasteiger partial charge in [0, 0.05) is 25.1 Å². The molecule has 130 valence electrons. The highest BCUT2D eigenvalue weighted by Crippen LogP contribution is 2.11. The van der Waals surface area contributed by atoms with Gasteiger partial charge in [0.15, 0.2) is 10.7 Å². The number of rotatable bonds is 5. The molecule has 0 spiro atoms. The fraction of sp³-hybridized carbons (Fsp3) is 0.214. The van der Waals surface area contributed by atoms with Gasteiger partial charge < -0.3 is 11.2 Å². The normalized spacial score (nSPS) is 16.6. The van der Waals surface area contributed by atoms with Gasteiger partial charge in [0.1, 0.15) is 0 Å². The monoisotopic (exact) mass is 358 g/mol. The molecule has 1 aliphatic rings. The maximum atomic E-state index is 7.14. The molecule has 6 N–H and O–H groups in total. The molecule has 0 saturated heterocycles. The fourth-order valence-corrected chi connectivity index (χ4v) is 2.56. The largest absolute Gasteiger partial charge is 0.369 e. The Morgan fingerprint density at radius 3 is 3.08 bits per heavy atom. The predicted molar refractivity (Wildman–Crippen MR) is 96.7 cm³/mol. The second kappa shape index (κ2) is 7.77. The van der Waals surface area contributed by atoms with E-state index in [0.29, 0.717) is 17.2 Å². The molecule has 3 heterocycles. The summed E-state index contributed by atoms with van der Waals surface area (Å²) in [6.45, 7) is 0.603.